The summed E-state index contributed by atoms with van der Waals surface area (Å²) in [5.41, 5.74) is 1.34. The number of H-pyrrole nitrogens is 1. The largest absolute Gasteiger partial charge is 0.274 e. The molecule has 2 aromatic rings. The Kier molecular flexibility index (Phi) is 6.39. The van der Waals surface area contributed by atoms with Gasteiger partial charge in [-0.3, -0.25) is 9.89 Å². The van der Waals surface area contributed by atoms with Crippen molar-refractivity contribution < 1.29 is 8.78 Å². The molecule has 150 valence electrons. The van der Waals surface area contributed by atoms with Gasteiger partial charge in [-0.2, -0.15) is 0 Å². The zero-order chi connectivity index (χ0) is 21.1. The van der Waals surface area contributed by atoms with Gasteiger partial charge < -0.3 is 0 Å². The highest BCUT2D eigenvalue weighted by molar-refractivity contribution is 8.07. The summed E-state index contributed by atoms with van der Waals surface area (Å²) in [6.07, 6.45) is 5.62. The zero-order valence-electron chi connectivity index (χ0n) is 15.8. The summed E-state index contributed by atoms with van der Waals surface area (Å²) < 4.78 is 28.9. The Morgan fingerprint density at radius 2 is 2.14 bits per heavy atom. The van der Waals surface area contributed by atoms with Crippen molar-refractivity contribution in [1.29, 1.82) is 0 Å². The maximum atomic E-state index is 14.1. The van der Waals surface area contributed by atoms with E-state index in [0.29, 0.717) is 26.9 Å². The fraction of sp³-hybridized carbons (Fsp3) is 0.143. The van der Waals surface area contributed by atoms with Gasteiger partial charge in [0.15, 0.2) is 5.82 Å². The molecule has 4 nitrogen and oxygen atoms in total. The number of hydrogen-bond acceptors (Lipinski definition) is 3. The quantitative estimate of drug-likeness (QED) is 0.534. The fourth-order valence-electron chi connectivity index (χ4n) is 2.95. The van der Waals surface area contributed by atoms with E-state index < -0.39 is 11.7 Å². The number of thioether (sulfide) groups is 1. The lowest BCUT2D eigenvalue weighted by molar-refractivity contribution is 0.600. The first-order chi connectivity index (χ1) is 13.8. The topological polar surface area (TPSA) is 50.1 Å². The molecule has 1 heterocycles. The van der Waals surface area contributed by atoms with Gasteiger partial charge in [0, 0.05) is 39.1 Å². The normalized spacial score (nSPS) is 14.8. The second-order valence-corrected chi connectivity index (χ2v) is 8.05. The van der Waals surface area contributed by atoms with E-state index in [1.54, 1.807) is 31.3 Å². The van der Waals surface area contributed by atoms with Gasteiger partial charge in [0.25, 0.3) is 5.56 Å². The van der Waals surface area contributed by atoms with E-state index in [1.807, 2.05) is 13.0 Å². The standard InChI is InChI=1S/C21H18ClF2N3OS/c1-12-6-4-8-15(22)18(12)19-20(25-3)27(26-21(19)28)11-13(2)29-17-9-5-7-14(23)10-16(17)24/h4-6,8-11H,3,7H2,1-2H3,(H,26,28)/b13-11+. The van der Waals surface area contributed by atoms with Gasteiger partial charge in [0.05, 0.1) is 5.56 Å². The molecule has 8 heteroatoms. The third-order valence-corrected chi connectivity index (χ3v) is 5.50. The van der Waals surface area contributed by atoms with Crippen LogP contribution in [0.3, 0.4) is 0 Å². The predicted molar refractivity (Wildman–Crippen MR) is 118 cm³/mol. The summed E-state index contributed by atoms with van der Waals surface area (Å²) >= 11 is 7.43. The van der Waals surface area contributed by atoms with Crippen LogP contribution in [0, 0.1) is 6.92 Å². The molecular formula is C21H18ClF2N3OS. The molecule has 1 aromatic carbocycles. The zero-order valence-corrected chi connectivity index (χ0v) is 17.4. The number of allylic oxidation sites excluding steroid dienone is 6. The highest BCUT2D eigenvalue weighted by Crippen LogP contribution is 2.37. The van der Waals surface area contributed by atoms with Crippen molar-refractivity contribution in [3.05, 3.63) is 78.8 Å². The van der Waals surface area contributed by atoms with E-state index >= 15 is 0 Å². The number of nitrogens with one attached hydrogen (secondary N) is 1. The van der Waals surface area contributed by atoms with Crippen molar-refractivity contribution in [2.24, 2.45) is 4.99 Å². The van der Waals surface area contributed by atoms with E-state index in [4.69, 9.17) is 11.6 Å². The molecular weight excluding hydrogens is 416 g/mol. The summed E-state index contributed by atoms with van der Waals surface area (Å²) in [5, 5.41) is 3.12. The summed E-state index contributed by atoms with van der Waals surface area (Å²) in [6, 6.07) is 5.35. The van der Waals surface area contributed by atoms with Crippen LogP contribution in [0.1, 0.15) is 18.9 Å². The monoisotopic (exact) mass is 433 g/mol. The Morgan fingerprint density at radius 1 is 1.38 bits per heavy atom. The summed E-state index contributed by atoms with van der Waals surface area (Å²) in [7, 11) is 0. The maximum absolute atomic E-state index is 14.1. The highest BCUT2D eigenvalue weighted by Gasteiger charge is 2.19. The molecule has 0 saturated heterocycles. The second kappa shape index (κ2) is 8.80. The molecule has 0 radical (unpaired) electrons. The number of nitrogens with zero attached hydrogens (tertiary/aromatic N) is 2. The van der Waals surface area contributed by atoms with Crippen LogP contribution >= 0.6 is 23.4 Å². The molecule has 0 aliphatic heterocycles. The first-order valence-electron chi connectivity index (χ1n) is 8.67. The van der Waals surface area contributed by atoms with Crippen LogP contribution in [0.2, 0.25) is 5.02 Å². The Morgan fingerprint density at radius 3 is 2.83 bits per heavy atom. The van der Waals surface area contributed by atoms with Crippen molar-refractivity contribution in [2.75, 3.05) is 0 Å². The Bertz CT molecular complexity index is 1130. The number of halogens is 3. The molecule has 1 aliphatic carbocycles. The third-order valence-electron chi connectivity index (χ3n) is 4.21. The number of aliphatic imine (C=N–C) groups is 1. The van der Waals surface area contributed by atoms with Crippen molar-refractivity contribution in [3.63, 3.8) is 0 Å². The molecule has 1 aliphatic rings. The minimum atomic E-state index is -0.649. The molecule has 0 amide bonds. The van der Waals surface area contributed by atoms with Gasteiger partial charge in [0.1, 0.15) is 11.7 Å². The summed E-state index contributed by atoms with van der Waals surface area (Å²) in [5.74, 6) is -0.893. The van der Waals surface area contributed by atoms with Crippen molar-refractivity contribution >= 4 is 42.1 Å². The Balaban J connectivity index is 2.04. The molecule has 1 N–H and O–H groups in total. The third kappa shape index (κ3) is 4.52. The van der Waals surface area contributed by atoms with Crippen molar-refractivity contribution in [2.45, 2.75) is 20.3 Å². The summed E-state index contributed by atoms with van der Waals surface area (Å²) in [6.45, 7) is 7.16. The van der Waals surface area contributed by atoms with Crippen LogP contribution in [0.5, 0.6) is 0 Å². The smallest absolute Gasteiger partial charge is 0.267 e. The molecule has 3 rings (SSSR count). The predicted octanol–water partition coefficient (Wildman–Crippen LogP) is 6.68. The molecule has 0 fully saturated rings. The molecule has 0 spiro atoms. The van der Waals surface area contributed by atoms with Gasteiger partial charge in [-0.15, -0.1) is 0 Å². The minimum absolute atomic E-state index is 0.0518. The SMILES string of the molecule is C=Nc1c(-c2c(C)cccc2Cl)c(=O)[nH]n1/C=C(\C)SC1=C(F)C=C(F)CC=C1. The van der Waals surface area contributed by atoms with Crippen LogP contribution in [0.15, 0.2) is 67.7 Å². The molecule has 0 unspecified atom stereocenters. The van der Waals surface area contributed by atoms with Crippen molar-refractivity contribution in [3.8, 4) is 11.1 Å². The highest BCUT2D eigenvalue weighted by atomic mass is 35.5. The van der Waals surface area contributed by atoms with Crippen LogP contribution < -0.4 is 5.56 Å². The molecule has 29 heavy (non-hydrogen) atoms. The van der Waals surface area contributed by atoms with Gasteiger partial charge in [0.2, 0.25) is 0 Å². The van der Waals surface area contributed by atoms with Gasteiger partial charge >= 0.3 is 0 Å². The average molecular weight is 434 g/mol. The van der Waals surface area contributed by atoms with E-state index in [-0.39, 0.29) is 16.9 Å². The number of aryl methyl sites for hydroxylation is 1. The first-order valence-corrected chi connectivity index (χ1v) is 9.86. The van der Waals surface area contributed by atoms with Crippen LogP contribution in [0.25, 0.3) is 17.3 Å². The number of hydrogen-bond donors (Lipinski definition) is 1. The van der Waals surface area contributed by atoms with Crippen LogP contribution in [0.4, 0.5) is 14.6 Å². The first kappa shape index (κ1) is 21.1. The van der Waals surface area contributed by atoms with Gasteiger partial charge in [-0.25, -0.2) is 18.5 Å². The van der Waals surface area contributed by atoms with E-state index in [9.17, 15) is 13.6 Å². The van der Waals surface area contributed by atoms with Gasteiger partial charge in [-0.05, 0) is 38.3 Å². The lowest BCUT2D eigenvalue weighted by atomic mass is 10.0. The molecule has 1 aromatic heterocycles. The molecule has 0 bridgehead atoms. The Hall–Kier alpha value is -2.64. The number of aromatic amines is 1. The lowest BCUT2D eigenvalue weighted by Crippen LogP contribution is -2.04. The van der Waals surface area contributed by atoms with E-state index in [0.717, 1.165) is 23.4 Å². The Labute approximate surface area is 176 Å². The number of benzene rings is 1. The van der Waals surface area contributed by atoms with Gasteiger partial charge in [-0.1, -0.05) is 41.6 Å². The molecule has 0 saturated carbocycles. The van der Waals surface area contributed by atoms with Crippen LogP contribution in [-0.2, 0) is 0 Å². The molecule has 0 atom stereocenters. The number of aromatic nitrogens is 2. The second-order valence-electron chi connectivity index (χ2n) is 6.35. The lowest BCUT2D eigenvalue weighted by Gasteiger charge is -2.08. The fourth-order valence-corrected chi connectivity index (χ4v) is 4.09. The number of rotatable bonds is 5. The van der Waals surface area contributed by atoms with E-state index in [2.05, 4.69) is 16.8 Å². The average Bonchev–Trinajstić information content (AvgIpc) is 2.85. The van der Waals surface area contributed by atoms with E-state index in [1.165, 1.54) is 10.8 Å². The maximum Gasteiger partial charge on any atom is 0.274 e. The summed E-state index contributed by atoms with van der Waals surface area (Å²) in [4.78, 5) is 17.6. The minimum Gasteiger partial charge on any atom is -0.267 e. The van der Waals surface area contributed by atoms with Crippen molar-refractivity contribution in [1.82, 2.24) is 9.78 Å². The van der Waals surface area contributed by atoms with Crippen LogP contribution in [-0.4, -0.2) is 16.5 Å².